The number of carbonyl (C=O) groups is 1. The van der Waals surface area contributed by atoms with Gasteiger partial charge in [-0.3, -0.25) is 9.78 Å². The van der Waals surface area contributed by atoms with Gasteiger partial charge in [-0.2, -0.15) is 0 Å². The summed E-state index contributed by atoms with van der Waals surface area (Å²) >= 11 is 0. The summed E-state index contributed by atoms with van der Waals surface area (Å²) in [5.41, 5.74) is 2.54. The minimum atomic E-state index is -3.22. The molecule has 0 aliphatic carbocycles. The van der Waals surface area contributed by atoms with E-state index in [0.717, 1.165) is 28.8 Å². The van der Waals surface area contributed by atoms with Crippen LogP contribution in [0.25, 0.3) is 6.08 Å². The molecule has 3 rings (SSSR count). The zero-order valence-corrected chi connectivity index (χ0v) is 17.3. The fourth-order valence-corrected chi connectivity index (χ4v) is 3.22. The lowest BCUT2D eigenvalue weighted by molar-refractivity contribution is -0.116. The number of hydrogen-bond acceptors (Lipinski definition) is 5. The molecule has 30 heavy (non-hydrogen) atoms. The highest BCUT2D eigenvalue weighted by Gasteiger charge is 2.06. The first-order valence-corrected chi connectivity index (χ1v) is 11.2. The molecule has 0 bridgehead atoms. The van der Waals surface area contributed by atoms with Crippen LogP contribution in [-0.4, -0.2) is 25.6 Å². The average molecular weight is 423 g/mol. The number of nitrogens with one attached hydrogen (secondary N) is 1. The summed E-state index contributed by atoms with van der Waals surface area (Å²) in [4.78, 5) is 16.5. The number of aromatic nitrogens is 1. The number of benzene rings is 2. The first kappa shape index (κ1) is 21.3. The van der Waals surface area contributed by atoms with Crippen molar-refractivity contribution in [1.82, 2.24) is 10.3 Å². The van der Waals surface area contributed by atoms with Gasteiger partial charge in [-0.25, -0.2) is 8.42 Å². The van der Waals surface area contributed by atoms with E-state index in [2.05, 4.69) is 10.3 Å². The lowest BCUT2D eigenvalue weighted by Crippen LogP contribution is -2.20. The molecule has 1 N–H and O–H groups in total. The van der Waals surface area contributed by atoms with Gasteiger partial charge < -0.3 is 10.1 Å². The van der Waals surface area contributed by atoms with Crippen molar-refractivity contribution in [2.75, 3.05) is 6.26 Å². The third-order valence-electron chi connectivity index (χ3n) is 4.24. The van der Waals surface area contributed by atoms with E-state index in [1.165, 1.54) is 18.2 Å². The third-order valence-corrected chi connectivity index (χ3v) is 5.37. The predicted molar refractivity (Wildman–Crippen MR) is 115 cm³/mol. The molecular formula is C23H22N2O4S. The van der Waals surface area contributed by atoms with Gasteiger partial charge in [-0.1, -0.05) is 30.3 Å². The minimum absolute atomic E-state index is 0.238. The van der Waals surface area contributed by atoms with E-state index in [1.54, 1.807) is 24.4 Å². The second kappa shape index (κ2) is 9.84. The molecule has 0 spiro atoms. The van der Waals surface area contributed by atoms with Gasteiger partial charge in [0.2, 0.25) is 5.91 Å². The summed E-state index contributed by atoms with van der Waals surface area (Å²) in [7, 11) is -3.22. The van der Waals surface area contributed by atoms with E-state index < -0.39 is 9.84 Å². The fraction of sp³-hybridized carbons (Fsp3) is 0.130. The number of nitrogens with zero attached hydrogens (tertiary/aromatic N) is 1. The van der Waals surface area contributed by atoms with Gasteiger partial charge in [0.25, 0.3) is 0 Å². The van der Waals surface area contributed by atoms with Crippen LogP contribution in [0.2, 0.25) is 0 Å². The molecule has 1 amide bonds. The van der Waals surface area contributed by atoms with Gasteiger partial charge in [0.1, 0.15) is 12.4 Å². The van der Waals surface area contributed by atoms with Crippen LogP contribution in [0.3, 0.4) is 0 Å². The minimum Gasteiger partial charge on any atom is -0.487 e. The fourth-order valence-electron chi connectivity index (χ4n) is 2.59. The molecule has 7 heteroatoms. The Hall–Kier alpha value is -3.45. The van der Waals surface area contributed by atoms with Crippen LogP contribution < -0.4 is 10.1 Å². The first-order valence-electron chi connectivity index (χ1n) is 9.28. The van der Waals surface area contributed by atoms with Gasteiger partial charge in [0, 0.05) is 25.1 Å². The lowest BCUT2D eigenvalue weighted by Gasteiger charge is -2.06. The van der Waals surface area contributed by atoms with Gasteiger partial charge in [-0.15, -0.1) is 0 Å². The van der Waals surface area contributed by atoms with Crippen molar-refractivity contribution >= 4 is 21.8 Å². The normalized spacial score (nSPS) is 11.4. The van der Waals surface area contributed by atoms with Crippen molar-refractivity contribution in [3.05, 3.63) is 95.8 Å². The number of rotatable bonds is 8. The zero-order valence-electron chi connectivity index (χ0n) is 16.5. The number of amides is 1. The van der Waals surface area contributed by atoms with E-state index in [4.69, 9.17) is 4.74 Å². The molecule has 6 nitrogen and oxygen atoms in total. The van der Waals surface area contributed by atoms with E-state index >= 15 is 0 Å². The summed E-state index contributed by atoms with van der Waals surface area (Å²) in [6.45, 7) is 0.705. The van der Waals surface area contributed by atoms with Crippen molar-refractivity contribution in [3.8, 4) is 5.75 Å². The average Bonchev–Trinajstić information content (AvgIpc) is 2.76. The SMILES string of the molecule is CS(=O)(=O)c1ccc(CNC(=O)C=Cc2ccc(OCc3ccccn3)cc2)cc1. The Morgan fingerprint density at radius 2 is 1.77 bits per heavy atom. The number of carbonyl (C=O) groups excluding carboxylic acids is 1. The Kier molecular flexibility index (Phi) is 6.98. The quantitative estimate of drug-likeness (QED) is 0.563. The van der Waals surface area contributed by atoms with Crippen molar-refractivity contribution in [1.29, 1.82) is 0 Å². The van der Waals surface area contributed by atoms with Crippen molar-refractivity contribution in [3.63, 3.8) is 0 Å². The number of sulfone groups is 1. The van der Waals surface area contributed by atoms with Crippen LogP contribution in [0, 0.1) is 0 Å². The maximum absolute atomic E-state index is 12.0. The molecule has 0 atom stereocenters. The Balaban J connectivity index is 1.47. The zero-order chi connectivity index (χ0) is 21.4. The highest BCUT2D eigenvalue weighted by atomic mass is 32.2. The number of ether oxygens (including phenoxy) is 1. The maximum atomic E-state index is 12.0. The molecular weight excluding hydrogens is 400 g/mol. The second-order valence-corrected chi connectivity index (χ2v) is 8.66. The summed E-state index contributed by atoms with van der Waals surface area (Å²) in [5.74, 6) is 0.484. The van der Waals surface area contributed by atoms with Crippen LogP contribution in [0.5, 0.6) is 5.75 Å². The predicted octanol–water partition coefficient (Wildman–Crippen LogP) is 3.39. The molecule has 0 fully saturated rings. The molecule has 1 heterocycles. The molecule has 0 unspecified atom stereocenters. The van der Waals surface area contributed by atoms with Crippen LogP contribution in [0.4, 0.5) is 0 Å². The summed E-state index contributed by atoms with van der Waals surface area (Å²) in [6, 6.07) is 19.5. The molecule has 0 radical (unpaired) electrons. The highest BCUT2D eigenvalue weighted by Crippen LogP contribution is 2.15. The molecule has 1 aromatic heterocycles. The van der Waals surface area contributed by atoms with Crippen molar-refractivity contribution in [2.45, 2.75) is 18.0 Å². The first-order chi connectivity index (χ1) is 14.4. The van der Waals surface area contributed by atoms with E-state index in [1.807, 2.05) is 42.5 Å². The monoisotopic (exact) mass is 422 g/mol. The molecule has 154 valence electrons. The van der Waals surface area contributed by atoms with Crippen LogP contribution >= 0.6 is 0 Å². The molecule has 0 saturated carbocycles. The van der Waals surface area contributed by atoms with E-state index in [0.29, 0.717) is 13.2 Å². The molecule has 0 aliphatic rings. The molecule has 3 aromatic rings. The number of hydrogen-bond donors (Lipinski definition) is 1. The number of pyridine rings is 1. The Morgan fingerprint density at radius 3 is 2.40 bits per heavy atom. The van der Waals surface area contributed by atoms with Crippen LogP contribution in [-0.2, 0) is 27.8 Å². The van der Waals surface area contributed by atoms with Gasteiger partial charge in [0.05, 0.1) is 10.6 Å². The van der Waals surface area contributed by atoms with Gasteiger partial charge in [-0.05, 0) is 53.6 Å². The largest absolute Gasteiger partial charge is 0.487 e. The van der Waals surface area contributed by atoms with Crippen molar-refractivity contribution in [2.24, 2.45) is 0 Å². The van der Waals surface area contributed by atoms with Gasteiger partial charge >= 0.3 is 0 Å². The Morgan fingerprint density at radius 1 is 1.03 bits per heavy atom. The molecule has 0 saturated heterocycles. The Labute approximate surface area is 176 Å². The van der Waals surface area contributed by atoms with Crippen LogP contribution in [0.1, 0.15) is 16.8 Å². The maximum Gasteiger partial charge on any atom is 0.244 e. The van der Waals surface area contributed by atoms with Crippen LogP contribution in [0.15, 0.2) is 83.9 Å². The summed E-state index contributed by atoms with van der Waals surface area (Å²) < 4.78 is 28.6. The van der Waals surface area contributed by atoms with Crippen molar-refractivity contribution < 1.29 is 17.9 Å². The topological polar surface area (TPSA) is 85.4 Å². The third kappa shape index (κ3) is 6.56. The van der Waals surface area contributed by atoms with E-state index in [-0.39, 0.29) is 10.8 Å². The summed E-state index contributed by atoms with van der Waals surface area (Å²) in [6.07, 6.45) is 6.05. The molecule has 0 aliphatic heterocycles. The second-order valence-electron chi connectivity index (χ2n) is 6.65. The van der Waals surface area contributed by atoms with Gasteiger partial charge in [0.15, 0.2) is 9.84 Å². The lowest BCUT2D eigenvalue weighted by atomic mass is 10.2. The Bertz CT molecular complexity index is 1110. The standard InChI is InChI=1S/C23H22N2O4S/c1-30(27,28)22-12-7-19(8-13-22)16-25-23(26)14-9-18-5-10-21(11-6-18)29-17-20-4-2-3-15-24-20/h2-15H,16-17H2,1H3,(H,25,26). The molecule has 2 aromatic carbocycles. The smallest absolute Gasteiger partial charge is 0.244 e. The van der Waals surface area contributed by atoms with E-state index in [9.17, 15) is 13.2 Å². The highest BCUT2D eigenvalue weighted by molar-refractivity contribution is 7.90. The summed E-state index contributed by atoms with van der Waals surface area (Å²) in [5, 5.41) is 2.77.